The van der Waals surface area contributed by atoms with Crippen LogP contribution in [0.15, 0.2) is 51.9 Å². The quantitative estimate of drug-likeness (QED) is 0.356. The number of aromatic nitrogens is 1. The lowest BCUT2D eigenvalue weighted by Crippen LogP contribution is -2.21. The molecule has 128 valence electrons. The zero-order valence-corrected chi connectivity index (χ0v) is 16.3. The van der Waals surface area contributed by atoms with Gasteiger partial charge in [-0.3, -0.25) is 4.79 Å². The molecular weight excluding hydrogens is 397 g/mol. The van der Waals surface area contributed by atoms with Crippen molar-refractivity contribution in [2.24, 2.45) is 5.10 Å². The number of thiazole rings is 1. The number of nitrogens with zero attached hydrogens (tertiary/aromatic N) is 2. The molecule has 1 heterocycles. The van der Waals surface area contributed by atoms with Crippen molar-refractivity contribution in [3.05, 3.63) is 58.1 Å². The molecular formula is C17H13Cl2N3OS2. The molecule has 0 fully saturated rings. The fourth-order valence-corrected chi connectivity index (χ4v) is 4.16. The molecule has 0 aliphatic carbocycles. The molecule has 0 saturated carbocycles. The van der Waals surface area contributed by atoms with Crippen molar-refractivity contribution in [2.75, 3.05) is 5.75 Å². The number of fused-ring (bicyclic) bond motifs is 1. The Balaban J connectivity index is 1.57. The highest BCUT2D eigenvalue weighted by atomic mass is 35.5. The van der Waals surface area contributed by atoms with Gasteiger partial charge in [0, 0.05) is 0 Å². The van der Waals surface area contributed by atoms with Crippen molar-refractivity contribution in [1.82, 2.24) is 10.4 Å². The van der Waals surface area contributed by atoms with E-state index in [1.165, 1.54) is 11.8 Å². The number of amides is 1. The molecule has 1 N–H and O–H groups in total. The number of carbonyl (C=O) groups is 1. The molecule has 0 unspecified atom stereocenters. The van der Waals surface area contributed by atoms with Gasteiger partial charge in [0.05, 0.1) is 31.7 Å². The summed E-state index contributed by atoms with van der Waals surface area (Å²) < 4.78 is 1.97. The first-order valence-electron chi connectivity index (χ1n) is 7.30. The van der Waals surface area contributed by atoms with Gasteiger partial charge >= 0.3 is 0 Å². The number of para-hydroxylation sites is 1. The van der Waals surface area contributed by atoms with E-state index in [4.69, 9.17) is 23.2 Å². The molecule has 25 heavy (non-hydrogen) atoms. The van der Waals surface area contributed by atoms with Crippen LogP contribution in [-0.4, -0.2) is 22.4 Å². The molecule has 0 radical (unpaired) electrons. The van der Waals surface area contributed by atoms with Gasteiger partial charge in [-0.1, -0.05) is 53.2 Å². The molecule has 0 aliphatic rings. The van der Waals surface area contributed by atoms with Crippen molar-refractivity contribution >= 4 is 68.1 Å². The largest absolute Gasteiger partial charge is 0.272 e. The summed E-state index contributed by atoms with van der Waals surface area (Å²) in [6.07, 6.45) is 0. The fraction of sp³-hybridized carbons (Fsp3) is 0.118. The first-order valence-corrected chi connectivity index (χ1v) is 9.85. The van der Waals surface area contributed by atoms with E-state index >= 15 is 0 Å². The molecule has 0 spiro atoms. The van der Waals surface area contributed by atoms with Crippen LogP contribution in [0, 0.1) is 0 Å². The maximum absolute atomic E-state index is 12.0. The van der Waals surface area contributed by atoms with E-state index in [-0.39, 0.29) is 11.7 Å². The van der Waals surface area contributed by atoms with Crippen LogP contribution in [0.4, 0.5) is 0 Å². The molecule has 2 aromatic carbocycles. The number of nitrogens with one attached hydrogen (secondary N) is 1. The molecule has 0 atom stereocenters. The Morgan fingerprint density at radius 2 is 2.04 bits per heavy atom. The number of rotatable bonds is 5. The molecule has 0 saturated heterocycles. The van der Waals surface area contributed by atoms with Crippen molar-refractivity contribution < 1.29 is 4.79 Å². The van der Waals surface area contributed by atoms with Gasteiger partial charge in [0.15, 0.2) is 4.34 Å². The average Bonchev–Trinajstić information content (AvgIpc) is 3.03. The van der Waals surface area contributed by atoms with Crippen LogP contribution in [0.1, 0.15) is 12.5 Å². The van der Waals surface area contributed by atoms with E-state index in [2.05, 4.69) is 15.5 Å². The Morgan fingerprint density at radius 3 is 2.80 bits per heavy atom. The number of hydrazone groups is 1. The van der Waals surface area contributed by atoms with Gasteiger partial charge < -0.3 is 0 Å². The normalized spacial score (nSPS) is 11.7. The minimum absolute atomic E-state index is 0.191. The van der Waals surface area contributed by atoms with Crippen LogP contribution in [0.5, 0.6) is 0 Å². The van der Waals surface area contributed by atoms with Gasteiger partial charge in [0.1, 0.15) is 0 Å². The standard InChI is InChI=1S/C17H13Cl2N3OS2/c1-10(11-6-7-12(18)13(19)8-11)21-22-16(23)9-24-17-20-14-4-2-3-5-15(14)25-17/h2-8H,9H2,1H3,(H,22,23). The predicted octanol–water partition coefficient (Wildman–Crippen LogP) is 5.24. The number of hydrogen-bond donors (Lipinski definition) is 1. The van der Waals surface area contributed by atoms with E-state index in [1.54, 1.807) is 36.5 Å². The number of halogens is 2. The van der Waals surface area contributed by atoms with Crippen LogP contribution in [-0.2, 0) is 4.79 Å². The number of thioether (sulfide) groups is 1. The Hall–Kier alpha value is -1.60. The molecule has 1 aromatic heterocycles. The second-order valence-electron chi connectivity index (χ2n) is 5.10. The monoisotopic (exact) mass is 409 g/mol. The van der Waals surface area contributed by atoms with Gasteiger partial charge in [0.2, 0.25) is 0 Å². The summed E-state index contributed by atoms with van der Waals surface area (Å²) in [5.41, 5.74) is 4.95. The average molecular weight is 410 g/mol. The topological polar surface area (TPSA) is 54.4 Å². The first-order chi connectivity index (χ1) is 12.0. The Kier molecular flexibility index (Phi) is 5.96. The van der Waals surface area contributed by atoms with Crippen molar-refractivity contribution in [3.8, 4) is 0 Å². The van der Waals surface area contributed by atoms with E-state index in [1.807, 2.05) is 24.3 Å². The maximum atomic E-state index is 12.0. The Labute approximate surface area is 163 Å². The van der Waals surface area contributed by atoms with E-state index in [0.29, 0.717) is 15.8 Å². The molecule has 3 aromatic rings. The fourth-order valence-electron chi connectivity index (χ4n) is 2.00. The number of benzene rings is 2. The van der Waals surface area contributed by atoms with Gasteiger partial charge in [-0.15, -0.1) is 11.3 Å². The van der Waals surface area contributed by atoms with Gasteiger partial charge in [-0.25, -0.2) is 10.4 Å². The summed E-state index contributed by atoms with van der Waals surface area (Å²) in [7, 11) is 0. The summed E-state index contributed by atoms with van der Waals surface area (Å²) in [6.45, 7) is 1.79. The highest BCUT2D eigenvalue weighted by Gasteiger charge is 2.08. The highest BCUT2D eigenvalue weighted by molar-refractivity contribution is 8.01. The molecule has 0 bridgehead atoms. The predicted molar refractivity (Wildman–Crippen MR) is 107 cm³/mol. The van der Waals surface area contributed by atoms with Crippen LogP contribution in [0.3, 0.4) is 0 Å². The maximum Gasteiger partial charge on any atom is 0.250 e. The third-order valence-electron chi connectivity index (χ3n) is 3.29. The lowest BCUT2D eigenvalue weighted by molar-refractivity contribution is -0.118. The lowest BCUT2D eigenvalue weighted by Gasteiger charge is -2.04. The van der Waals surface area contributed by atoms with E-state index in [9.17, 15) is 4.79 Å². The summed E-state index contributed by atoms with van der Waals surface area (Å²) in [4.78, 5) is 16.5. The molecule has 8 heteroatoms. The highest BCUT2D eigenvalue weighted by Crippen LogP contribution is 2.29. The zero-order valence-electron chi connectivity index (χ0n) is 13.1. The summed E-state index contributed by atoms with van der Waals surface area (Å²) in [5, 5.41) is 5.04. The third kappa shape index (κ3) is 4.73. The second kappa shape index (κ2) is 8.19. The smallest absolute Gasteiger partial charge is 0.250 e. The minimum atomic E-state index is -0.191. The minimum Gasteiger partial charge on any atom is -0.272 e. The van der Waals surface area contributed by atoms with Crippen molar-refractivity contribution in [3.63, 3.8) is 0 Å². The Morgan fingerprint density at radius 1 is 1.24 bits per heavy atom. The lowest BCUT2D eigenvalue weighted by atomic mass is 10.1. The zero-order chi connectivity index (χ0) is 17.8. The summed E-state index contributed by atoms with van der Waals surface area (Å²) in [5.74, 6) is 0.0569. The van der Waals surface area contributed by atoms with Crippen LogP contribution in [0.2, 0.25) is 10.0 Å². The second-order valence-corrected chi connectivity index (χ2v) is 8.16. The third-order valence-corrected chi connectivity index (χ3v) is 6.21. The molecule has 1 amide bonds. The van der Waals surface area contributed by atoms with Crippen LogP contribution >= 0.6 is 46.3 Å². The first kappa shape index (κ1) is 18.2. The van der Waals surface area contributed by atoms with Gasteiger partial charge in [0.25, 0.3) is 5.91 Å². The van der Waals surface area contributed by atoms with Gasteiger partial charge in [-0.2, -0.15) is 5.10 Å². The van der Waals surface area contributed by atoms with Crippen LogP contribution < -0.4 is 5.43 Å². The summed E-state index contributed by atoms with van der Waals surface area (Å²) >= 11 is 14.8. The van der Waals surface area contributed by atoms with Gasteiger partial charge in [-0.05, 0) is 36.8 Å². The van der Waals surface area contributed by atoms with E-state index in [0.717, 1.165) is 20.1 Å². The number of hydrogen-bond acceptors (Lipinski definition) is 5. The number of carbonyl (C=O) groups excluding carboxylic acids is 1. The SMILES string of the molecule is CC(=NNC(=O)CSc1nc2ccccc2s1)c1ccc(Cl)c(Cl)c1. The molecule has 4 nitrogen and oxygen atoms in total. The van der Waals surface area contributed by atoms with E-state index < -0.39 is 0 Å². The van der Waals surface area contributed by atoms with Crippen LogP contribution in [0.25, 0.3) is 10.2 Å². The van der Waals surface area contributed by atoms with Crippen molar-refractivity contribution in [1.29, 1.82) is 0 Å². The molecule has 0 aliphatic heterocycles. The molecule has 3 rings (SSSR count). The summed E-state index contributed by atoms with van der Waals surface area (Å²) in [6, 6.07) is 13.1. The Bertz CT molecular complexity index is 923. The van der Waals surface area contributed by atoms with Crippen molar-refractivity contribution in [2.45, 2.75) is 11.3 Å².